The van der Waals surface area contributed by atoms with Crippen LogP contribution in [-0.2, 0) is 0 Å². The van der Waals surface area contributed by atoms with Crippen LogP contribution in [0.25, 0.3) is 12.2 Å². The van der Waals surface area contributed by atoms with E-state index in [-0.39, 0.29) is 11.9 Å². The molecular weight excluding hydrogens is 228 g/mol. The van der Waals surface area contributed by atoms with E-state index < -0.39 is 0 Å². The molecule has 0 saturated carbocycles. The second kappa shape index (κ2) is 4.93. The first-order chi connectivity index (χ1) is 8.67. The van der Waals surface area contributed by atoms with E-state index in [1.807, 2.05) is 12.1 Å². The SMILES string of the molecule is N#Cc1ccc(/C=C/c2nc(N)nc(N)n2)cc1. The van der Waals surface area contributed by atoms with Crippen LogP contribution in [-0.4, -0.2) is 15.0 Å². The maximum Gasteiger partial charge on any atom is 0.225 e. The number of nitrogen functional groups attached to an aromatic ring is 2. The van der Waals surface area contributed by atoms with Gasteiger partial charge in [-0.1, -0.05) is 18.2 Å². The molecule has 0 unspecified atom stereocenters. The summed E-state index contributed by atoms with van der Waals surface area (Å²) in [4.78, 5) is 11.5. The first-order valence-corrected chi connectivity index (χ1v) is 5.12. The topological polar surface area (TPSA) is 114 Å². The van der Waals surface area contributed by atoms with Crippen molar-refractivity contribution in [1.82, 2.24) is 15.0 Å². The molecule has 88 valence electrons. The van der Waals surface area contributed by atoms with Crippen LogP contribution in [0.5, 0.6) is 0 Å². The number of nitrogens with zero attached hydrogens (tertiary/aromatic N) is 4. The van der Waals surface area contributed by atoms with Crippen molar-refractivity contribution in [2.45, 2.75) is 0 Å². The van der Waals surface area contributed by atoms with Gasteiger partial charge in [-0.15, -0.1) is 0 Å². The van der Waals surface area contributed by atoms with Crippen molar-refractivity contribution < 1.29 is 0 Å². The average molecular weight is 238 g/mol. The van der Waals surface area contributed by atoms with Crippen LogP contribution in [0.15, 0.2) is 24.3 Å². The van der Waals surface area contributed by atoms with E-state index in [1.165, 1.54) is 0 Å². The zero-order valence-electron chi connectivity index (χ0n) is 9.41. The van der Waals surface area contributed by atoms with Crippen molar-refractivity contribution in [2.24, 2.45) is 0 Å². The fraction of sp³-hybridized carbons (Fsp3) is 0. The van der Waals surface area contributed by atoms with Crippen LogP contribution < -0.4 is 11.5 Å². The highest BCUT2D eigenvalue weighted by Crippen LogP contribution is 2.08. The van der Waals surface area contributed by atoms with Crippen LogP contribution in [0, 0.1) is 11.3 Å². The van der Waals surface area contributed by atoms with Crippen molar-refractivity contribution in [2.75, 3.05) is 11.5 Å². The number of benzene rings is 1. The Balaban J connectivity index is 2.21. The molecule has 0 spiro atoms. The quantitative estimate of drug-likeness (QED) is 0.808. The second-order valence-electron chi connectivity index (χ2n) is 3.48. The van der Waals surface area contributed by atoms with Gasteiger partial charge in [0, 0.05) is 0 Å². The van der Waals surface area contributed by atoms with Gasteiger partial charge in [-0.05, 0) is 23.8 Å². The highest BCUT2D eigenvalue weighted by atomic mass is 15.1. The molecule has 0 aliphatic carbocycles. The molecule has 18 heavy (non-hydrogen) atoms. The molecule has 2 aromatic rings. The third-order valence-corrected chi connectivity index (χ3v) is 2.15. The van der Waals surface area contributed by atoms with Gasteiger partial charge < -0.3 is 11.5 Å². The van der Waals surface area contributed by atoms with Crippen LogP contribution >= 0.6 is 0 Å². The van der Waals surface area contributed by atoms with E-state index in [9.17, 15) is 0 Å². The molecule has 1 heterocycles. The van der Waals surface area contributed by atoms with Gasteiger partial charge in [0.25, 0.3) is 0 Å². The highest BCUT2D eigenvalue weighted by molar-refractivity contribution is 5.67. The molecule has 6 heteroatoms. The highest BCUT2D eigenvalue weighted by Gasteiger charge is 1.97. The van der Waals surface area contributed by atoms with Crippen molar-refractivity contribution in [3.05, 3.63) is 41.2 Å². The minimum atomic E-state index is 0.0852. The largest absolute Gasteiger partial charge is 0.368 e. The second-order valence-corrected chi connectivity index (χ2v) is 3.48. The number of nitrogens with two attached hydrogens (primary N) is 2. The summed E-state index contributed by atoms with van der Waals surface area (Å²) in [5.74, 6) is 0.563. The molecule has 1 aromatic carbocycles. The van der Waals surface area contributed by atoms with Crippen molar-refractivity contribution in [3.8, 4) is 6.07 Å². The van der Waals surface area contributed by atoms with Crippen LogP contribution in [0.4, 0.5) is 11.9 Å². The monoisotopic (exact) mass is 238 g/mol. The molecule has 1 aromatic heterocycles. The normalized spacial score (nSPS) is 10.4. The molecule has 0 aliphatic rings. The maximum absolute atomic E-state index is 8.67. The molecule has 4 N–H and O–H groups in total. The molecule has 0 radical (unpaired) electrons. The Morgan fingerprint density at radius 2 is 1.56 bits per heavy atom. The number of anilines is 2. The zero-order valence-corrected chi connectivity index (χ0v) is 9.41. The average Bonchev–Trinajstić information content (AvgIpc) is 2.36. The lowest BCUT2D eigenvalue weighted by atomic mass is 10.1. The molecule has 0 aliphatic heterocycles. The summed E-state index contributed by atoms with van der Waals surface area (Å²) in [5, 5.41) is 8.67. The summed E-state index contributed by atoms with van der Waals surface area (Å²) in [5.41, 5.74) is 12.4. The molecule has 2 rings (SSSR count). The van der Waals surface area contributed by atoms with E-state index in [0.29, 0.717) is 11.4 Å². The zero-order chi connectivity index (χ0) is 13.0. The molecule has 0 saturated heterocycles. The van der Waals surface area contributed by atoms with Gasteiger partial charge in [0.15, 0.2) is 5.82 Å². The minimum Gasteiger partial charge on any atom is -0.368 e. The van der Waals surface area contributed by atoms with E-state index in [2.05, 4.69) is 21.0 Å². The lowest BCUT2D eigenvalue weighted by Gasteiger charge is -1.97. The molecule has 0 bridgehead atoms. The Hall–Kier alpha value is -2.94. The Labute approximate surface area is 104 Å². The van der Waals surface area contributed by atoms with Gasteiger partial charge in [0.2, 0.25) is 11.9 Å². The van der Waals surface area contributed by atoms with Gasteiger partial charge in [0.05, 0.1) is 11.6 Å². The predicted octanol–water partition coefficient (Wildman–Crippen LogP) is 1.08. The van der Waals surface area contributed by atoms with Crippen LogP contribution in [0.3, 0.4) is 0 Å². The molecule has 0 amide bonds. The van der Waals surface area contributed by atoms with Crippen LogP contribution in [0.2, 0.25) is 0 Å². The van der Waals surface area contributed by atoms with Crippen molar-refractivity contribution >= 4 is 24.0 Å². The van der Waals surface area contributed by atoms with Gasteiger partial charge in [-0.3, -0.25) is 0 Å². The summed E-state index contributed by atoms with van der Waals surface area (Å²) >= 11 is 0. The summed E-state index contributed by atoms with van der Waals surface area (Å²) in [6.45, 7) is 0. The number of aromatic nitrogens is 3. The Bertz CT molecular complexity index is 604. The summed E-state index contributed by atoms with van der Waals surface area (Å²) in [7, 11) is 0. The summed E-state index contributed by atoms with van der Waals surface area (Å²) < 4.78 is 0. The number of hydrogen-bond acceptors (Lipinski definition) is 6. The number of rotatable bonds is 2. The fourth-order valence-electron chi connectivity index (χ4n) is 1.34. The Morgan fingerprint density at radius 1 is 0.944 bits per heavy atom. The molecule has 0 fully saturated rings. The predicted molar refractivity (Wildman–Crippen MR) is 68.7 cm³/mol. The minimum absolute atomic E-state index is 0.0852. The van der Waals surface area contributed by atoms with E-state index in [0.717, 1.165) is 5.56 Å². The fourth-order valence-corrected chi connectivity index (χ4v) is 1.34. The molecular formula is C12H10N6. The first-order valence-electron chi connectivity index (χ1n) is 5.12. The number of nitriles is 1. The molecule has 0 atom stereocenters. The van der Waals surface area contributed by atoms with E-state index in [4.69, 9.17) is 16.7 Å². The van der Waals surface area contributed by atoms with Crippen molar-refractivity contribution in [1.29, 1.82) is 5.26 Å². The summed E-state index contributed by atoms with van der Waals surface area (Å²) in [6.07, 6.45) is 3.48. The lowest BCUT2D eigenvalue weighted by Crippen LogP contribution is -2.03. The Kier molecular flexibility index (Phi) is 3.16. The van der Waals surface area contributed by atoms with Gasteiger partial charge in [-0.25, -0.2) is 0 Å². The lowest BCUT2D eigenvalue weighted by molar-refractivity contribution is 1.06. The van der Waals surface area contributed by atoms with Gasteiger partial charge >= 0.3 is 0 Å². The maximum atomic E-state index is 8.67. The van der Waals surface area contributed by atoms with Crippen molar-refractivity contribution in [3.63, 3.8) is 0 Å². The van der Waals surface area contributed by atoms with Crippen LogP contribution in [0.1, 0.15) is 17.0 Å². The Morgan fingerprint density at radius 3 is 2.11 bits per heavy atom. The van der Waals surface area contributed by atoms with E-state index in [1.54, 1.807) is 24.3 Å². The number of hydrogen-bond donors (Lipinski definition) is 2. The molecule has 6 nitrogen and oxygen atoms in total. The smallest absolute Gasteiger partial charge is 0.225 e. The van der Waals surface area contributed by atoms with E-state index >= 15 is 0 Å². The van der Waals surface area contributed by atoms with Gasteiger partial charge in [0.1, 0.15) is 0 Å². The van der Waals surface area contributed by atoms with Gasteiger partial charge in [-0.2, -0.15) is 20.2 Å². The summed E-state index contributed by atoms with van der Waals surface area (Å²) in [6, 6.07) is 9.16. The first kappa shape index (κ1) is 11.5. The third-order valence-electron chi connectivity index (χ3n) is 2.15. The standard InChI is InChI=1S/C12H10N6/c13-7-9-3-1-8(2-4-9)5-6-10-16-11(14)18-12(15)17-10/h1-6H,(H4,14,15,16,17,18)/b6-5+. The third kappa shape index (κ3) is 2.80.